The van der Waals surface area contributed by atoms with Crippen LogP contribution in [0.25, 0.3) is 11.1 Å². The fourth-order valence-electron chi connectivity index (χ4n) is 2.82. The number of piperazine rings is 1. The van der Waals surface area contributed by atoms with Gasteiger partial charge >= 0.3 is 0 Å². The van der Waals surface area contributed by atoms with Gasteiger partial charge < -0.3 is 10.2 Å². The molecule has 1 aliphatic heterocycles. The Bertz CT molecular complexity index is 666. The SMILES string of the molecule is Cc1cncc(-c2ccc(C(=O)N3CCNC(C)C3)cc2)c1. The molecule has 1 fully saturated rings. The first-order valence-electron chi connectivity index (χ1n) is 7.68. The van der Waals surface area contributed by atoms with Gasteiger partial charge in [-0.05, 0) is 43.2 Å². The van der Waals surface area contributed by atoms with Crippen molar-refractivity contribution in [1.82, 2.24) is 15.2 Å². The summed E-state index contributed by atoms with van der Waals surface area (Å²) >= 11 is 0. The third-order valence-corrected chi connectivity index (χ3v) is 4.00. The zero-order valence-electron chi connectivity index (χ0n) is 13.0. The van der Waals surface area contributed by atoms with E-state index in [-0.39, 0.29) is 5.91 Å². The number of hydrogen-bond donors (Lipinski definition) is 1. The molecule has 0 radical (unpaired) electrons. The zero-order valence-corrected chi connectivity index (χ0v) is 13.0. The number of nitrogens with zero attached hydrogens (tertiary/aromatic N) is 2. The summed E-state index contributed by atoms with van der Waals surface area (Å²) in [5.41, 5.74) is 4.04. The van der Waals surface area contributed by atoms with E-state index in [1.807, 2.05) is 48.5 Å². The number of hydrogen-bond acceptors (Lipinski definition) is 3. The van der Waals surface area contributed by atoms with Gasteiger partial charge in [-0.2, -0.15) is 0 Å². The van der Waals surface area contributed by atoms with Crippen molar-refractivity contribution in [2.75, 3.05) is 19.6 Å². The van der Waals surface area contributed by atoms with Gasteiger partial charge in [-0.3, -0.25) is 9.78 Å². The molecule has 0 bridgehead atoms. The van der Waals surface area contributed by atoms with Crippen molar-refractivity contribution < 1.29 is 4.79 Å². The lowest BCUT2D eigenvalue weighted by Crippen LogP contribution is -2.51. The predicted octanol–water partition coefficient (Wildman–Crippen LogP) is 2.49. The molecule has 1 unspecified atom stereocenters. The average molecular weight is 295 g/mol. The van der Waals surface area contributed by atoms with Crippen LogP contribution in [0.2, 0.25) is 0 Å². The first kappa shape index (κ1) is 14.7. The predicted molar refractivity (Wildman–Crippen MR) is 87.8 cm³/mol. The quantitative estimate of drug-likeness (QED) is 0.926. The summed E-state index contributed by atoms with van der Waals surface area (Å²) in [7, 11) is 0. The second-order valence-corrected chi connectivity index (χ2v) is 5.93. The maximum Gasteiger partial charge on any atom is 0.253 e. The number of rotatable bonds is 2. The molecule has 4 nitrogen and oxygen atoms in total. The summed E-state index contributed by atoms with van der Waals surface area (Å²) in [6, 6.07) is 10.3. The Kier molecular flexibility index (Phi) is 4.20. The second-order valence-electron chi connectivity index (χ2n) is 5.93. The molecular weight excluding hydrogens is 274 g/mol. The molecule has 0 saturated carbocycles. The lowest BCUT2D eigenvalue weighted by Gasteiger charge is -2.32. The number of amides is 1. The lowest BCUT2D eigenvalue weighted by atomic mass is 10.0. The number of pyridine rings is 1. The summed E-state index contributed by atoms with van der Waals surface area (Å²) in [5.74, 6) is 0.113. The van der Waals surface area contributed by atoms with E-state index in [9.17, 15) is 4.79 Å². The molecule has 0 spiro atoms. The molecule has 1 aliphatic rings. The van der Waals surface area contributed by atoms with E-state index in [0.29, 0.717) is 6.04 Å². The van der Waals surface area contributed by atoms with Gasteiger partial charge in [0.1, 0.15) is 0 Å². The van der Waals surface area contributed by atoms with Crippen LogP contribution in [0, 0.1) is 6.92 Å². The number of carbonyl (C=O) groups is 1. The van der Waals surface area contributed by atoms with Crippen molar-refractivity contribution in [3.63, 3.8) is 0 Å². The molecule has 0 aliphatic carbocycles. The Morgan fingerprint density at radius 1 is 1.23 bits per heavy atom. The largest absolute Gasteiger partial charge is 0.336 e. The van der Waals surface area contributed by atoms with Crippen molar-refractivity contribution in [3.05, 3.63) is 53.9 Å². The van der Waals surface area contributed by atoms with Crippen molar-refractivity contribution in [1.29, 1.82) is 0 Å². The van der Waals surface area contributed by atoms with Gasteiger partial charge in [0.2, 0.25) is 0 Å². The van der Waals surface area contributed by atoms with Crippen molar-refractivity contribution in [2.45, 2.75) is 19.9 Å². The van der Waals surface area contributed by atoms with E-state index in [2.05, 4.69) is 23.3 Å². The van der Waals surface area contributed by atoms with Crippen molar-refractivity contribution >= 4 is 5.91 Å². The van der Waals surface area contributed by atoms with Gasteiger partial charge in [-0.25, -0.2) is 0 Å². The molecule has 114 valence electrons. The van der Waals surface area contributed by atoms with E-state index in [1.165, 1.54) is 0 Å². The zero-order chi connectivity index (χ0) is 15.5. The second kappa shape index (κ2) is 6.28. The normalized spacial score (nSPS) is 18.3. The highest BCUT2D eigenvalue weighted by Gasteiger charge is 2.21. The summed E-state index contributed by atoms with van der Waals surface area (Å²) in [5, 5.41) is 3.35. The highest BCUT2D eigenvalue weighted by Crippen LogP contribution is 2.20. The van der Waals surface area contributed by atoms with Gasteiger partial charge in [0, 0.05) is 49.2 Å². The monoisotopic (exact) mass is 295 g/mol. The van der Waals surface area contributed by atoms with E-state index >= 15 is 0 Å². The number of benzene rings is 1. The van der Waals surface area contributed by atoms with E-state index < -0.39 is 0 Å². The Balaban J connectivity index is 1.77. The van der Waals surface area contributed by atoms with E-state index in [4.69, 9.17) is 0 Å². The van der Waals surface area contributed by atoms with Crippen LogP contribution < -0.4 is 5.32 Å². The number of carbonyl (C=O) groups excluding carboxylic acids is 1. The maximum atomic E-state index is 12.5. The first-order valence-corrected chi connectivity index (χ1v) is 7.68. The smallest absolute Gasteiger partial charge is 0.253 e. The molecule has 1 amide bonds. The Labute approximate surface area is 131 Å². The van der Waals surface area contributed by atoms with Crippen LogP contribution in [0.15, 0.2) is 42.7 Å². The van der Waals surface area contributed by atoms with Crippen LogP contribution in [-0.4, -0.2) is 41.5 Å². The molecular formula is C18H21N3O. The summed E-state index contributed by atoms with van der Waals surface area (Å²) in [6.45, 7) is 6.53. The summed E-state index contributed by atoms with van der Waals surface area (Å²) in [6.07, 6.45) is 3.69. The van der Waals surface area contributed by atoms with Crippen LogP contribution >= 0.6 is 0 Å². The molecule has 2 aromatic rings. The molecule has 22 heavy (non-hydrogen) atoms. The third-order valence-electron chi connectivity index (χ3n) is 4.00. The Morgan fingerprint density at radius 2 is 2.00 bits per heavy atom. The van der Waals surface area contributed by atoms with Gasteiger partial charge in [0.05, 0.1) is 0 Å². The van der Waals surface area contributed by atoms with Crippen molar-refractivity contribution in [3.8, 4) is 11.1 Å². The molecule has 1 saturated heterocycles. The van der Waals surface area contributed by atoms with E-state index in [1.54, 1.807) is 0 Å². The number of aromatic nitrogens is 1. The van der Waals surface area contributed by atoms with Gasteiger partial charge in [0.25, 0.3) is 5.91 Å². The highest BCUT2D eigenvalue weighted by atomic mass is 16.2. The van der Waals surface area contributed by atoms with Crippen LogP contribution in [-0.2, 0) is 0 Å². The summed E-state index contributed by atoms with van der Waals surface area (Å²) < 4.78 is 0. The van der Waals surface area contributed by atoms with E-state index in [0.717, 1.165) is 41.9 Å². The van der Waals surface area contributed by atoms with Gasteiger partial charge in [-0.1, -0.05) is 12.1 Å². The molecule has 2 heterocycles. The highest BCUT2D eigenvalue weighted by molar-refractivity contribution is 5.94. The number of aryl methyl sites for hydroxylation is 1. The van der Waals surface area contributed by atoms with Gasteiger partial charge in [0.15, 0.2) is 0 Å². The Morgan fingerprint density at radius 3 is 2.68 bits per heavy atom. The fourth-order valence-corrected chi connectivity index (χ4v) is 2.82. The fraction of sp³-hybridized carbons (Fsp3) is 0.333. The minimum absolute atomic E-state index is 0.113. The molecule has 1 aromatic heterocycles. The molecule has 1 atom stereocenters. The van der Waals surface area contributed by atoms with Crippen LogP contribution in [0.5, 0.6) is 0 Å². The standard InChI is InChI=1S/C18H21N3O/c1-13-9-17(11-19-10-13)15-3-5-16(6-4-15)18(22)21-8-7-20-14(2)12-21/h3-6,9-11,14,20H,7-8,12H2,1-2H3. The topological polar surface area (TPSA) is 45.2 Å². The molecule has 3 rings (SSSR count). The summed E-state index contributed by atoms with van der Waals surface area (Å²) in [4.78, 5) is 18.7. The minimum Gasteiger partial charge on any atom is -0.336 e. The van der Waals surface area contributed by atoms with Crippen LogP contribution in [0.3, 0.4) is 0 Å². The maximum absolute atomic E-state index is 12.5. The molecule has 1 aromatic carbocycles. The molecule has 4 heteroatoms. The molecule has 1 N–H and O–H groups in total. The minimum atomic E-state index is 0.113. The Hall–Kier alpha value is -2.20. The van der Waals surface area contributed by atoms with Crippen LogP contribution in [0.1, 0.15) is 22.8 Å². The van der Waals surface area contributed by atoms with Crippen molar-refractivity contribution in [2.24, 2.45) is 0 Å². The van der Waals surface area contributed by atoms with Gasteiger partial charge in [-0.15, -0.1) is 0 Å². The average Bonchev–Trinajstić information content (AvgIpc) is 2.54. The lowest BCUT2D eigenvalue weighted by molar-refractivity contribution is 0.0709. The third kappa shape index (κ3) is 3.17. The number of nitrogens with one attached hydrogen (secondary N) is 1. The van der Waals surface area contributed by atoms with Crippen LogP contribution in [0.4, 0.5) is 0 Å². The first-order chi connectivity index (χ1) is 10.6.